The minimum absolute atomic E-state index is 0.00187. The molecule has 0 unspecified atom stereocenters. The summed E-state index contributed by atoms with van der Waals surface area (Å²) in [6.45, 7) is 0. The summed E-state index contributed by atoms with van der Waals surface area (Å²) in [6.07, 6.45) is 0. The fourth-order valence-corrected chi connectivity index (χ4v) is 8.05. The summed E-state index contributed by atoms with van der Waals surface area (Å²) in [6, 6.07) is 7.67. The van der Waals surface area contributed by atoms with Crippen molar-refractivity contribution in [1.82, 2.24) is 9.13 Å². The van der Waals surface area contributed by atoms with E-state index in [2.05, 4.69) is 0 Å². The van der Waals surface area contributed by atoms with Crippen LogP contribution in [0.1, 0.15) is 26.0 Å². The van der Waals surface area contributed by atoms with Crippen molar-refractivity contribution in [2.24, 2.45) is 0 Å². The van der Waals surface area contributed by atoms with Crippen LogP contribution in [0.3, 0.4) is 0 Å². The van der Waals surface area contributed by atoms with Crippen molar-refractivity contribution in [3.63, 3.8) is 0 Å². The number of aromatic nitrogens is 2. The molecular weight excluding hydrogens is 637 g/mol. The first-order valence-corrected chi connectivity index (χ1v) is 16.7. The quantitative estimate of drug-likeness (QED) is 0.174. The van der Waals surface area contributed by atoms with Crippen LogP contribution in [0.5, 0.6) is 0 Å². The zero-order chi connectivity index (χ0) is 50.0. The highest BCUT2D eigenvalue weighted by atomic mass is 32.1. The molecule has 0 saturated carbocycles. The van der Waals surface area contributed by atoms with E-state index in [9.17, 15) is 9.60 Å². The van der Waals surface area contributed by atoms with Gasteiger partial charge in [-0.15, -0.1) is 11.3 Å². The van der Waals surface area contributed by atoms with Crippen molar-refractivity contribution >= 4 is 75.1 Å². The molecule has 8 aromatic carbocycles. The zero-order valence-corrected chi connectivity index (χ0v) is 27.0. The highest BCUT2D eigenvalue weighted by molar-refractivity contribution is 7.26. The summed E-state index contributed by atoms with van der Waals surface area (Å²) in [4.78, 5) is 0. The van der Waals surface area contributed by atoms with E-state index in [1.807, 2.05) is 0 Å². The summed E-state index contributed by atoms with van der Waals surface area (Å²) < 4.78 is 177. The number of nitrogens with zero attached hydrogens (tertiary/aromatic N) is 2. The summed E-state index contributed by atoms with van der Waals surface area (Å²) in [5, 5.41) is -0.122. The van der Waals surface area contributed by atoms with Gasteiger partial charge in [0, 0.05) is 47.4 Å². The molecule has 0 bridgehead atoms. The predicted octanol–water partition coefficient (Wildman–Crippen LogP) is 13.6. The summed E-state index contributed by atoms with van der Waals surface area (Å²) in [5.41, 5.74) is -0.469. The molecule has 3 heterocycles. The van der Waals surface area contributed by atoms with E-state index in [1.165, 1.54) is 45.5 Å². The van der Waals surface area contributed by atoms with Crippen molar-refractivity contribution in [1.29, 1.82) is 0 Å². The van der Waals surface area contributed by atoms with Gasteiger partial charge in [-0.25, -0.2) is 0 Å². The van der Waals surface area contributed by atoms with Gasteiger partial charge in [-0.3, -0.25) is 0 Å². The Morgan fingerprint density at radius 1 is 0.412 bits per heavy atom. The van der Waals surface area contributed by atoms with Gasteiger partial charge in [-0.1, -0.05) is 121 Å². The van der Waals surface area contributed by atoms with Crippen LogP contribution in [0.15, 0.2) is 182 Å². The van der Waals surface area contributed by atoms with Crippen LogP contribution in [0.4, 0.5) is 0 Å². The lowest BCUT2D eigenvalue weighted by Crippen LogP contribution is -1.95. The van der Waals surface area contributed by atoms with Gasteiger partial charge in [0.2, 0.25) is 0 Å². The molecule has 0 spiro atoms. The van der Waals surface area contributed by atoms with Crippen LogP contribution >= 0.6 is 11.3 Å². The Labute approximate surface area is 325 Å². The summed E-state index contributed by atoms with van der Waals surface area (Å²) in [7, 11) is 0. The second-order valence-electron chi connectivity index (χ2n) is 11.8. The average Bonchev–Trinajstić information content (AvgIpc) is 4.01. The second-order valence-corrected chi connectivity index (χ2v) is 12.8. The number of rotatable bonds is 4. The minimum atomic E-state index is -0.642. The second kappa shape index (κ2) is 11.0. The van der Waals surface area contributed by atoms with Gasteiger partial charge in [-0.05, 0) is 82.7 Å². The van der Waals surface area contributed by atoms with Crippen LogP contribution in [-0.4, -0.2) is 9.13 Å². The standard InChI is InChI=1S/C48H30N2S/c1-3-14-31(15-4-1)34-21-12-26-44-47(34)48-43(25-13-27-45(48)51-44)50-39-22-9-7-18-36(39)38-30-32(28-29-41(38)50)35-20-11-24-42-46(35)37-19-8-10-23-40(37)49(42)33-16-5-2-6-17-33/h1-30H/i3D,7D,8D,9D,10D,11D,12D,13D,14D,18D,21D,23D,24D,25D,26D,27D,28D,29D,30D. The Morgan fingerprint density at radius 3 is 2.16 bits per heavy atom. The molecule has 0 aliphatic heterocycles. The van der Waals surface area contributed by atoms with Crippen LogP contribution in [-0.2, 0) is 0 Å². The first-order valence-electron chi connectivity index (χ1n) is 25.4. The molecule has 11 rings (SSSR count). The average molecular weight is 686 g/mol. The first-order chi connectivity index (χ1) is 33.2. The van der Waals surface area contributed by atoms with Crippen molar-refractivity contribution in [3.8, 4) is 33.6 Å². The molecule has 2 nitrogen and oxygen atoms in total. The van der Waals surface area contributed by atoms with Crippen molar-refractivity contribution < 1.29 is 26.0 Å². The molecule has 0 N–H and O–H groups in total. The topological polar surface area (TPSA) is 9.86 Å². The fourth-order valence-electron chi connectivity index (χ4n) is 7.03. The maximum atomic E-state index is 10.1. The molecule has 238 valence electrons. The Hall–Kier alpha value is -6.42. The molecule has 11 aromatic rings. The molecule has 0 atom stereocenters. The third-order valence-electron chi connectivity index (χ3n) is 9.13. The lowest BCUT2D eigenvalue weighted by molar-refractivity contribution is 1.18. The molecule has 0 saturated heterocycles. The Morgan fingerprint density at radius 2 is 1.22 bits per heavy atom. The number of para-hydroxylation sites is 3. The van der Waals surface area contributed by atoms with Gasteiger partial charge >= 0.3 is 0 Å². The third-order valence-corrected chi connectivity index (χ3v) is 10.1. The van der Waals surface area contributed by atoms with Gasteiger partial charge in [0.15, 0.2) is 0 Å². The maximum Gasteiger partial charge on any atom is 0.0645 e. The Balaban J connectivity index is 1.37. The van der Waals surface area contributed by atoms with E-state index < -0.39 is 78.6 Å². The van der Waals surface area contributed by atoms with E-state index in [0.29, 0.717) is 5.69 Å². The Bertz CT molecular complexity index is 4230. The number of hydrogen-bond donors (Lipinski definition) is 0. The first kappa shape index (κ1) is 15.6. The minimum Gasteiger partial charge on any atom is -0.309 e. The smallest absolute Gasteiger partial charge is 0.0645 e. The molecular formula is C48H30N2S. The van der Waals surface area contributed by atoms with E-state index in [-0.39, 0.29) is 128 Å². The zero-order valence-electron chi connectivity index (χ0n) is 45.2. The number of fused-ring (bicyclic) bond motifs is 9. The lowest BCUT2D eigenvalue weighted by atomic mass is 9.97. The fraction of sp³-hybridized carbons (Fsp3) is 0. The van der Waals surface area contributed by atoms with E-state index in [0.717, 1.165) is 11.3 Å². The monoisotopic (exact) mass is 685 g/mol. The van der Waals surface area contributed by atoms with Gasteiger partial charge in [0.1, 0.15) is 0 Å². The van der Waals surface area contributed by atoms with Crippen molar-refractivity contribution in [2.45, 2.75) is 0 Å². The van der Waals surface area contributed by atoms with Crippen molar-refractivity contribution in [3.05, 3.63) is 182 Å². The highest BCUT2D eigenvalue weighted by Gasteiger charge is 2.21. The van der Waals surface area contributed by atoms with Gasteiger partial charge in [-0.2, -0.15) is 0 Å². The maximum absolute atomic E-state index is 10.1. The van der Waals surface area contributed by atoms with Crippen LogP contribution < -0.4 is 0 Å². The number of hydrogen-bond acceptors (Lipinski definition) is 1. The van der Waals surface area contributed by atoms with Gasteiger partial charge < -0.3 is 9.13 Å². The predicted molar refractivity (Wildman–Crippen MR) is 219 cm³/mol. The van der Waals surface area contributed by atoms with Gasteiger partial charge in [0.25, 0.3) is 0 Å². The van der Waals surface area contributed by atoms with Crippen LogP contribution in [0, 0.1) is 0 Å². The van der Waals surface area contributed by atoms with Gasteiger partial charge in [0.05, 0.1) is 53.8 Å². The lowest BCUT2D eigenvalue weighted by Gasteiger charge is -2.12. The summed E-state index contributed by atoms with van der Waals surface area (Å²) in [5.74, 6) is 0. The van der Waals surface area contributed by atoms with E-state index in [1.54, 1.807) is 30.3 Å². The Kier molecular flexibility index (Phi) is 3.39. The molecule has 0 fully saturated rings. The largest absolute Gasteiger partial charge is 0.309 e. The van der Waals surface area contributed by atoms with Crippen molar-refractivity contribution in [2.75, 3.05) is 0 Å². The van der Waals surface area contributed by atoms with Crippen LogP contribution in [0.2, 0.25) is 0 Å². The third kappa shape index (κ3) is 4.16. The normalized spacial score (nSPS) is 17.1. The molecule has 3 aromatic heterocycles. The van der Waals surface area contributed by atoms with E-state index in [4.69, 9.17) is 16.4 Å². The SMILES string of the molecule is [2H]c1cccc(-c2c([2H])c([2H])c([2H])c3sc4c([2H])c([2H])c([2H])c(-n5c6cc([2H])c([2H])c([2H])c6c6c([2H])c(-c7cc([2H])c([2H])c8c7c7cc([2H])c([2H])c([2H])c7n8-c7ccccc7)c([2H])c([2H])c65)c4c23)c1[2H]. The highest BCUT2D eigenvalue weighted by Crippen LogP contribution is 2.45. The molecule has 0 aliphatic rings. The molecule has 51 heavy (non-hydrogen) atoms. The molecule has 0 radical (unpaired) electrons. The number of thiophene rings is 1. The van der Waals surface area contributed by atoms with Crippen LogP contribution in [0.25, 0.3) is 97.4 Å². The summed E-state index contributed by atoms with van der Waals surface area (Å²) >= 11 is 0.827. The molecule has 0 amide bonds. The molecule has 3 heteroatoms. The number of benzene rings is 8. The van der Waals surface area contributed by atoms with E-state index >= 15 is 0 Å². The molecule has 0 aliphatic carbocycles.